The van der Waals surface area contributed by atoms with E-state index in [1.54, 1.807) is 12.4 Å². The van der Waals surface area contributed by atoms with Gasteiger partial charge in [0.05, 0.1) is 11.6 Å². The molecule has 0 spiro atoms. The van der Waals surface area contributed by atoms with Crippen LogP contribution in [0.4, 0.5) is 5.95 Å². The number of hydrogen-bond donors (Lipinski definition) is 0. The lowest BCUT2D eigenvalue weighted by molar-refractivity contribution is -0.141. The number of aromatic nitrogens is 2. The summed E-state index contributed by atoms with van der Waals surface area (Å²) in [6.07, 6.45) is 4.84. The summed E-state index contributed by atoms with van der Waals surface area (Å²) >= 11 is 3.32. The van der Waals surface area contributed by atoms with Crippen LogP contribution in [0.1, 0.15) is 26.7 Å². The van der Waals surface area contributed by atoms with Gasteiger partial charge in [0.1, 0.15) is 0 Å². The Morgan fingerprint density at radius 1 is 1.47 bits per heavy atom. The predicted octanol–water partition coefficient (Wildman–Crippen LogP) is 2.65. The van der Waals surface area contributed by atoms with Gasteiger partial charge < -0.3 is 9.64 Å². The van der Waals surface area contributed by atoms with E-state index in [1.165, 1.54) is 7.11 Å². The van der Waals surface area contributed by atoms with Crippen LogP contribution in [0.15, 0.2) is 16.9 Å². The number of esters is 1. The first-order chi connectivity index (χ1) is 9.06. The molecule has 0 N–H and O–H groups in total. The molecule has 0 amide bonds. The lowest BCUT2D eigenvalue weighted by atomic mass is 10.0. The number of anilines is 1. The topological polar surface area (TPSA) is 55.3 Å². The van der Waals surface area contributed by atoms with Crippen molar-refractivity contribution in [2.45, 2.75) is 26.7 Å². The molecule has 0 radical (unpaired) electrons. The highest BCUT2D eigenvalue weighted by molar-refractivity contribution is 9.10. The van der Waals surface area contributed by atoms with Crippen LogP contribution in [0.25, 0.3) is 0 Å². The van der Waals surface area contributed by atoms with Crippen molar-refractivity contribution in [2.75, 3.05) is 25.1 Å². The lowest BCUT2D eigenvalue weighted by Crippen LogP contribution is -2.27. The van der Waals surface area contributed by atoms with Gasteiger partial charge in [-0.3, -0.25) is 4.79 Å². The summed E-state index contributed by atoms with van der Waals surface area (Å²) in [6, 6.07) is 0. The zero-order chi connectivity index (χ0) is 14.3. The van der Waals surface area contributed by atoms with E-state index in [1.807, 2.05) is 6.92 Å². The molecule has 0 aromatic carbocycles. The van der Waals surface area contributed by atoms with Gasteiger partial charge in [0.2, 0.25) is 5.95 Å². The number of halogens is 1. The minimum absolute atomic E-state index is 0.157. The van der Waals surface area contributed by atoms with Crippen LogP contribution in [0.3, 0.4) is 0 Å². The first kappa shape index (κ1) is 15.9. The summed E-state index contributed by atoms with van der Waals surface area (Å²) < 4.78 is 5.54. The molecule has 0 saturated heterocycles. The van der Waals surface area contributed by atoms with Crippen molar-refractivity contribution in [3.8, 4) is 0 Å². The maximum absolute atomic E-state index is 11.2. The Labute approximate surface area is 122 Å². The molecule has 0 saturated carbocycles. The zero-order valence-corrected chi connectivity index (χ0v) is 13.2. The van der Waals surface area contributed by atoms with Gasteiger partial charge in [-0.2, -0.15) is 0 Å². The predicted molar refractivity (Wildman–Crippen MR) is 78.0 cm³/mol. The first-order valence-electron chi connectivity index (χ1n) is 6.36. The molecule has 0 aliphatic carbocycles. The second-order valence-electron chi connectivity index (χ2n) is 4.46. The second kappa shape index (κ2) is 8.09. The molecule has 19 heavy (non-hydrogen) atoms. The Morgan fingerprint density at radius 2 is 2.11 bits per heavy atom. The maximum Gasteiger partial charge on any atom is 0.305 e. The van der Waals surface area contributed by atoms with Crippen molar-refractivity contribution in [2.24, 2.45) is 5.92 Å². The normalized spacial score (nSPS) is 12.0. The SMILES string of the molecule is CCN(CCC(C)CC(=O)OC)c1ncc(Br)cn1. The highest BCUT2D eigenvalue weighted by Gasteiger charge is 2.12. The van der Waals surface area contributed by atoms with E-state index in [2.05, 4.69) is 42.5 Å². The van der Waals surface area contributed by atoms with Crippen LogP contribution in [0.2, 0.25) is 0 Å². The van der Waals surface area contributed by atoms with Crippen molar-refractivity contribution in [3.63, 3.8) is 0 Å². The van der Waals surface area contributed by atoms with Crippen LogP contribution < -0.4 is 4.90 Å². The summed E-state index contributed by atoms with van der Waals surface area (Å²) in [5.41, 5.74) is 0. The minimum Gasteiger partial charge on any atom is -0.469 e. The van der Waals surface area contributed by atoms with E-state index in [4.69, 9.17) is 0 Å². The van der Waals surface area contributed by atoms with Gasteiger partial charge in [-0.15, -0.1) is 0 Å². The summed E-state index contributed by atoms with van der Waals surface area (Å²) in [4.78, 5) is 21.8. The molecule has 0 fully saturated rings. The third-order valence-electron chi connectivity index (χ3n) is 2.91. The molecule has 6 heteroatoms. The quantitative estimate of drug-likeness (QED) is 0.720. The molecule has 106 valence electrons. The van der Waals surface area contributed by atoms with Crippen molar-refractivity contribution in [3.05, 3.63) is 16.9 Å². The smallest absolute Gasteiger partial charge is 0.305 e. The summed E-state index contributed by atoms with van der Waals surface area (Å²) in [5.74, 6) is 0.850. The summed E-state index contributed by atoms with van der Waals surface area (Å²) in [7, 11) is 1.42. The summed E-state index contributed by atoms with van der Waals surface area (Å²) in [5, 5.41) is 0. The molecule has 1 rings (SSSR count). The number of carbonyl (C=O) groups excluding carboxylic acids is 1. The molecule has 1 unspecified atom stereocenters. The van der Waals surface area contributed by atoms with Crippen LogP contribution in [0, 0.1) is 5.92 Å². The van der Waals surface area contributed by atoms with Gasteiger partial charge in [0.15, 0.2) is 0 Å². The fourth-order valence-corrected chi connectivity index (χ4v) is 1.92. The van der Waals surface area contributed by atoms with Gasteiger partial charge in [-0.25, -0.2) is 9.97 Å². The van der Waals surface area contributed by atoms with Crippen molar-refractivity contribution in [1.82, 2.24) is 9.97 Å². The first-order valence-corrected chi connectivity index (χ1v) is 7.15. The Kier molecular flexibility index (Phi) is 6.77. The number of ether oxygens (including phenoxy) is 1. The number of carbonyl (C=O) groups is 1. The average Bonchev–Trinajstić information content (AvgIpc) is 2.41. The van der Waals surface area contributed by atoms with E-state index in [0.717, 1.165) is 29.9 Å². The Bertz CT molecular complexity index is 397. The number of nitrogens with zero attached hydrogens (tertiary/aromatic N) is 3. The lowest BCUT2D eigenvalue weighted by Gasteiger charge is -2.22. The van der Waals surface area contributed by atoms with E-state index in [9.17, 15) is 4.79 Å². The zero-order valence-electron chi connectivity index (χ0n) is 11.6. The van der Waals surface area contributed by atoms with Crippen molar-refractivity contribution in [1.29, 1.82) is 0 Å². The number of methoxy groups -OCH3 is 1. The molecule has 0 aliphatic rings. The van der Waals surface area contributed by atoms with E-state index in [0.29, 0.717) is 6.42 Å². The fraction of sp³-hybridized carbons (Fsp3) is 0.615. The molecular formula is C13H20BrN3O2. The molecule has 1 atom stereocenters. The molecule has 5 nitrogen and oxygen atoms in total. The molecule has 1 aromatic rings. The van der Waals surface area contributed by atoms with Crippen LogP contribution in [0.5, 0.6) is 0 Å². The van der Waals surface area contributed by atoms with Crippen LogP contribution in [-0.4, -0.2) is 36.1 Å². The van der Waals surface area contributed by atoms with Crippen LogP contribution >= 0.6 is 15.9 Å². The van der Waals surface area contributed by atoms with Gasteiger partial charge >= 0.3 is 5.97 Å². The molecule has 1 aromatic heterocycles. The van der Waals surface area contributed by atoms with Crippen molar-refractivity contribution < 1.29 is 9.53 Å². The average molecular weight is 330 g/mol. The molecule has 0 aliphatic heterocycles. The molecule has 1 heterocycles. The Balaban J connectivity index is 2.49. The Hall–Kier alpha value is -1.17. The van der Waals surface area contributed by atoms with Gasteiger partial charge in [0.25, 0.3) is 0 Å². The summed E-state index contributed by atoms with van der Waals surface area (Å²) in [6.45, 7) is 5.78. The fourth-order valence-electron chi connectivity index (χ4n) is 1.71. The monoisotopic (exact) mass is 329 g/mol. The number of hydrogen-bond acceptors (Lipinski definition) is 5. The Morgan fingerprint density at radius 3 is 2.63 bits per heavy atom. The molecular weight excluding hydrogens is 310 g/mol. The van der Waals surface area contributed by atoms with E-state index >= 15 is 0 Å². The molecule has 0 bridgehead atoms. The third-order valence-corrected chi connectivity index (χ3v) is 3.32. The van der Waals surface area contributed by atoms with Crippen molar-refractivity contribution >= 4 is 27.8 Å². The van der Waals surface area contributed by atoms with Crippen LogP contribution in [-0.2, 0) is 9.53 Å². The van der Waals surface area contributed by atoms with Gasteiger partial charge in [0, 0.05) is 31.9 Å². The standard InChI is InChI=1S/C13H20BrN3O2/c1-4-17(13-15-8-11(14)9-16-13)6-5-10(2)7-12(18)19-3/h8-10H,4-7H2,1-3H3. The largest absolute Gasteiger partial charge is 0.469 e. The highest BCUT2D eigenvalue weighted by atomic mass is 79.9. The van der Waals surface area contributed by atoms with E-state index in [-0.39, 0.29) is 11.9 Å². The number of rotatable bonds is 7. The minimum atomic E-state index is -0.157. The van der Waals surface area contributed by atoms with Gasteiger partial charge in [-0.05, 0) is 35.2 Å². The highest BCUT2D eigenvalue weighted by Crippen LogP contribution is 2.14. The maximum atomic E-state index is 11.2. The van der Waals surface area contributed by atoms with Gasteiger partial charge in [-0.1, -0.05) is 6.92 Å². The van der Waals surface area contributed by atoms with E-state index < -0.39 is 0 Å². The third kappa shape index (κ3) is 5.55. The second-order valence-corrected chi connectivity index (χ2v) is 5.37.